The van der Waals surface area contributed by atoms with E-state index in [1.165, 1.54) is 18.2 Å². The van der Waals surface area contributed by atoms with Crippen LogP contribution < -0.4 is 10.9 Å². The van der Waals surface area contributed by atoms with E-state index in [0.717, 1.165) is 42.0 Å². The third-order valence-electron chi connectivity index (χ3n) is 4.99. The van der Waals surface area contributed by atoms with Gasteiger partial charge in [0, 0.05) is 12.1 Å². The molecule has 0 radical (unpaired) electrons. The summed E-state index contributed by atoms with van der Waals surface area (Å²) in [4.78, 5) is 24.3. The van der Waals surface area contributed by atoms with Crippen LogP contribution in [0.1, 0.15) is 51.0 Å². The average Bonchev–Trinajstić information content (AvgIpc) is 3.16. The van der Waals surface area contributed by atoms with Gasteiger partial charge >= 0.3 is 0 Å². The topological polar surface area (TPSA) is 98.1 Å². The molecule has 0 aliphatic heterocycles. The molecule has 0 spiro atoms. The number of carbonyl (C=O) groups excluding carboxylic acids is 1. The van der Waals surface area contributed by atoms with Gasteiger partial charge in [-0.2, -0.15) is 5.10 Å². The number of hydrogen-bond donors (Lipinski definition) is 1. The minimum Gasteiger partial charge on any atom is -0.352 e. The molecule has 1 aromatic carbocycles. The molecule has 1 heterocycles. The maximum atomic E-state index is 12.9. The van der Waals surface area contributed by atoms with Gasteiger partial charge in [0.2, 0.25) is 15.7 Å². The SMILES string of the molecule is CC(C)c1ccc(S(=O)(=O)c2ccc(=O)n(CC(=O)NC3CCCC3)n2)cc1. The quantitative estimate of drug-likeness (QED) is 0.798. The molecule has 0 atom stereocenters. The molecule has 28 heavy (non-hydrogen) atoms. The maximum Gasteiger partial charge on any atom is 0.267 e. The predicted octanol–water partition coefficient (Wildman–Crippen LogP) is 2.26. The lowest BCUT2D eigenvalue weighted by Crippen LogP contribution is -2.38. The number of rotatable bonds is 6. The summed E-state index contributed by atoms with van der Waals surface area (Å²) in [5.41, 5.74) is 0.510. The van der Waals surface area contributed by atoms with Crippen LogP contribution in [-0.2, 0) is 21.2 Å². The van der Waals surface area contributed by atoms with Gasteiger partial charge in [0.15, 0.2) is 5.03 Å². The van der Waals surface area contributed by atoms with Gasteiger partial charge in [0.05, 0.1) is 4.90 Å². The van der Waals surface area contributed by atoms with Crippen molar-refractivity contribution in [3.63, 3.8) is 0 Å². The molecule has 1 N–H and O–H groups in total. The lowest BCUT2D eigenvalue weighted by Gasteiger charge is -2.13. The highest BCUT2D eigenvalue weighted by molar-refractivity contribution is 7.91. The standard InChI is InChI=1S/C20H25N3O4S/c1-14(2)15-7-9-17(10-8-15)28(26,27)19-11-12-20(25)23(22-19)13-18(24)21-16-5-3-4-6-16/h7-12,14,16H,3-6,13H2,1-2H3,(H,21,24). The maximum absolute atomic E-state index is 12.9. The molecule has 0 unspecified atom stereocenters. The van der Waals surface area contributed by atoms with E-state index in [9.17, 15) is 18.0 Å². The largest absolute Gasteiger partial charge is 0.352 e. The molecular formula is C20H25N3O4S. The van der Waals surface area contributed by atoms with Crippen LogP contribution in [-0.4, -0.2) is 30.1 Å². The Kier molecular flexibility index (Phi) is 5.98. The highest BCUT2D eigenvalue weighted by Gasteiger charge is 2.22. The molecule has 1 aliphatic carbocycles. The molecule has 0 saturated heterocycles. The Morgan fingerprint density at radius 1 is 1.14 bits per heavy atom. The van der Waals surface area contributed by atoms with Crippen LogP contribution in [0.25, 0.3) is 0 Å². The average molecular weight is 404 g/mol. The van der Waals surface area contributed by atoms with Crippen LogP contribution in [0.3, 0.4) is 0 Å². The molecular weight excluding hydrogens is 378 g/mol. The van der Waals surface area contributed by atoms with E-state index >= 15 is 0 Å². The summed E-state index contributed by atoms with van der Waals surface area (Å²) in [6.45, 7) is 3.75. The smallest absolute Gasteiger partial charge is 0.267 e. The van der Waals surface area contributed by atoms with Gasteiger partial charge in [-0.25, -0.2) is 13.1 Å². The molecule has 0 bridgehead atoms. The molecule has 1 amide bonds. The Balaban J connectivity index is 1.82. The van der Waals surface area contributed by atoms with Crippen molar-refractivity contribution in [2.45, 2.75) is 68.0 Å². The van der Waals surface area contributed by atoms with E-state index in [-0.39, 0.29) is 34.3 Å². The molecule has 1 aliphatic rings. The molecule has 3 rings (SSSR count). The van der Waals surface area contributed by atoms with E-state index in [2.05, 4.69) is 10.4 Å². The van der Waals surface area contributed by atoms with E-state index < -0.39 is 15.4 Å². The van der Waals surface area contributed by atoms with Crippen LogP contribution in [0.15, 0.2) is 51.1 Å². The minimum absolute atomic E-state index is 0.102. The van der Waals surface area contributed by atoms with Gasteiger partial charge in [0.1, 0.15) is 6.54 Å². The third kappa shape index (κ3) is 4.49. The molecule has 2 aromatic rings. The summed E-state index contributed by atoms with van der Waals surface area (Å²) in [5.74, 6) is -0.0486. The molecule has 150 valence electrons. The first-order valence-corrected chi connectivity index (χ1v) is 11.0. The van der Waals surface area contributed by atoms with Crippen molar-refractivity contribution in [3.8, 4) is 0 Å². The highest BCUT2D eigenvalue weighted by atomic mass is 32.2. The number of hydrogen-bond acceptors (Lipinski definition) is 5. The van der Waals surface area contributed by atoms with Crippen molar-refractivity contribution in [2.24, 2.45) is 0 Å². The molecule has 8 heteroatoms. The predicted molar refractivity (Wildman–Crippen MR) is 105 cm³/mol. The Morgan fingerprint density at radius 2 is 1.79 bits per heavy atom. The Labute approximate surface area is 164 Å². The lowest BCUT2D eigenvalue weighted by molar-refractivity contribution is -0.122. The van der Waals surface area contributed by atoms with Crippen LogP contribution >= 0.6 is 0 Å². The number of sulfone groups is 1. The van der Waals surface area contributed by atoms with Crippen LogP contribution in [0.2, 0.25) is 0 Å². The van der Waals surface area contributed by atoms with Gasteiger partial charge in [-0.1, -0.05) is 38.8 Å². The number of nitrogens with one attached hydrogen (secondary N) is 1. The van der Waals surface area contributed by atoms with Crippen molar-refractivity contribution >= 4 is 15.7 Å². The van der Waals surface area contributed by atoms with Gasteiger partial charge in [-0.05, 0) is 42.5 Å². The van der Waals surface area contributed by atoms with Crippen molar-refractivity contribution < 1.29 is 13.2 Å². The summed E-state index contributed by atoms with van der Waals surface area (Å²) < 4.78 is 26.6. The number of carbonyl (C=O) groups is 1. The second-order valence-corrected chi connectivity index (χ2v) is 9.34. The summed E-state index contributed by atoms with van der Waals surface area (Å²) in [6.07, 6.45) is 4.00. The fourth-order valence-electron chi connectivity index (χ4n) is 3.32. The van der Waals surface area contributed by atoms with Gasteiger partial charge < -0.3 is 5.32 Å². The Hall–Kier alpha value is -2.48. The fraction of sp³-hybridized carbons (Fsp3) is 0.450. The monoisotopic (exact) mass is 403 g/mol. The van der Waals surface area contributed by atoms with Crippen molar-refractivity contribution in [2.75, 3.05) is 0 Å². The summed E-state index contributed by atoms with van der Waals surface area (Å²) in [7, 11) is -3.88. The molecule has 7 nitrogen and oxygen atoms in total. The van der Waals surface area contributed by atoms with Crippen molar-refractivity contribution in [1.82, 2.24) is 15.1 Å². The van der Waals surface area contributed by atoms with Crippen LogP contribution in [0.5, 0.6) is 0 Å². The zero-order valence-electron chi connectivity index (χ0n) is 16.1. The first kappa shape index (κ1) is 20.3. The zero-order valence-corrected chi connectivity index (χ0v) is 16.9. The van der Waals surface area contributed by atoms with E-state index in [1.54, 1.807) is 12.1 Å². The van der Waals surface area contributed by atoms with Crippen molar-refractivity contribution in [3.05, 3.63) is 52.3 Å². The molecule has 1 aromatic heterocycles. The van der Waals surface area contributed by atoms with Crippen LogP contribution in [0, 0.1) is 0 Å². The van der Waals surface area contributed by atoms with Gasteiger partial charge in [-0.15, -0.1) is 0 Å². The normalized spacial score (nSPS) is 15.1. The summed E-state index contributed by atoms with van der Waals surface area (Å²) >= 11 is 0. The zero-order chi connectivity index (χ0) is 20.3. The van der Waals surface area contributed by atoms with Gasteiger partial charge in [-0.3, -0.25) is 9.59 Å². The molecule has 1 saturated carbocycles. The van der Waals surface area contributed by atoms with E-state index in [4.69, 9.17) is 0 Å². The minimum atomic E-state index is -3.88. The first-order valence-electron chi connectivity index (χ1n) is 9.50. The number of nitrogens with zero attached hydrogens (tertiary/aromatic N) is 2. The summed E-state index contributed by atoms with van der Waals surface area (Å²) in [6, 6.07) is 9.04. The van der Waals surface area contributed by atoms with Crippen LogP contribution in [0.4, 0.5) is 0 Å². The summed E-state index contributed by atoms with van der Waals surface area (Å²) in [5, 5.41) is 6.57. The Morgan fingerprint density at radius 3 is 2.39 bits per heavy atom. The lowest BCUT2D eigenvalue weighted by atomic mass is 10.0. The van der Waals surface area contributed by atoms with Crippen molar-refractivity contribution in [1.29, 1.82) is 0 Å². The Bertz CT molecular complexity index is 1000. The third-order valence-corrected chi connectivity index (χ3v) is 6.65. The number of aromatic nitrogens is 2. The van der Waals surface area contributed by atoms with Gasteiger partial charge in [0.25, 0.3) is 5.56 Å². The second-order valence-electron chi connectivity index (χ2n) is 7.44. The highest BCUT2D eigenvalue weighted by Crippen LogP contribution is 2.21. The second kappa shape index (κ2) is 8.26. The number of amides is 1. The number of benzene rings is 1. The van der Waals surface area contributed by atoms with E-state index in [1.807, 2.05) is 13.8 Å². The first-order chi connectivity index (χ1) is 13.3. The molecule has 1 fully saturated rings. The fourth-order valence-corrected chi connectivity index (χ4v) is 4.51. The van der Waals surface area contributed by atoms with E-state index in [0.29, 0.717) is 0 Å².